The molecule has 4 amide bonds. The van der Waals surface area contributed by atoms with E-state index >= 15 is 8.78 Å². The van der Waals surface area contributed by atoms with Gasteiger partial charge in [0, 0.05) is 16.5 Å². The molecule has 2 saturated heterocycles. The molecule has 1 N–H and O–H groups in total. The summed E-state index contributed by atoms with van der Waals surface area (Å²) in [5.41, 5.74) is -1.55. The quantitative estimate of drug-likeness (QED) is 0.0783. The molecule has 0 unspecified atom stereocenters. The summed E-state index contributed by atoms with van der Waals surface area (Å²) >= 11 is 20.3. The fourth-order valence-electron chi connectivity index (χ4n) is 7.65. The van der Waals surface area contributed by atoms with E-state index in [-0.39, 0.29) is 27.6 Å². The number of nitrogens with zero attached hydrogens (tertiary/aromatic N) is 2. The molecule has 254 valence electrons. The molecule has 3 fully saturated rings. The number of carbonyl (C=O) groups is 4. The monoisotopic (exact) mass is 742 g/mol. The number of alkyl halides is 2. The van der Waals surface area contributed by atoms with Crippen LogP contribution in [0.2, 0.25) is 5.02 Å². The van der Waals surface area contributed by atoms with Crippen molar-refractivity contribution in [1.29, 1.82) is 0 Å². The van der Waals surface area contributed by atoms with Crippen LogP contribution in [0.25, 0.3) is 0 Å². The molecule has 0 bridgehead atoms. The van der Waals surface area contributed by atoms with Crippen molar-refractivity contribution in [3.8, 4) is 5.75 Å². The number of aromatic hydroxyl groups is 1. The second kappa shape index (κ2) is 11.0. The zero-order chi connectivity index (χ0) is 35.6. The van der Waals surface area contributed by atoms with Gasteiger partial charge in [0.05, 0.1) is 17.5 Å². The maximum Gasteiger partial charge on any atom is 0.258 e. The number of halogens is 9. The second-order valence-corrected chi connectivity index (χ2v) is 14.0. The molecule has 16 heteroatoms. The molecule has 3 aromatic rings. The smallest absolute Gasteiger partial charge is 0.258 e. The van der Waals surface area contributed by atoms with Crippen LogP contribution in [-0.4, -0.2) is 38.5 Å². The molecular weight excluding hydrogens is 725 g/mol. The van der Waals surface area contributed by atoms with Gasteiger partial charge in [-0.15, -0.1) is 23.2 Å². The minimum atomic E-state index is -2.90. The molecule has 2 aliphatic carbocycles. The van der Waals surface area contributed by atoms with Gasteiger partial charge in [0.1, 0.15) is 5.69 Å². The first-order valence-corrected chi connectivity index (χ1v) is 15.7. The van der Waals surface area contributed by atoms with Gasteiger partial charge in [0.2, 0.25) is 17.6 Å². The Morgan fingerprint density at radius 3 is 2.08 bits per heavy atom. The zero-order valence-corrected chi connectivity index (χ0v) is 26.9. The van der Waals surface area contributed by atoms with Crippen LogP contribution < -0.4 is 9.80 Å². The zero-order valence-electron chi connectivity index (χ0n) is 24.6. The van der Waals surface area contributed by atoms with E-state index in [1.54, 1.807) is 13.0 Å². The molecule has 0 radical (unpaired) electrons. The second-order valence-electron chi connectivity index (χ2n) is 12.3. The van der Waals surface area contributed by atoms with Crippen LogP contribution in [0.1, 0.15) is 29.9 Å². The third kappa shape index (κ3) is 4.18. The number of para-hydroxylation sites is 1. The normalized spacial score (nSPS) is 29.3. The van der Waals surface area contributed by atoms with Crippen LogP contribution in [0.3, 0.4) is 0 Å². The van der Waals surface area contributed by atoms with Gasteiger partial charge >= 0.3 is 0 Å². The van der Waals surface area contributed by atoms with Crippen molar-refractivity contribution in [1.82, 2.24) is 0 Å². The van der Waals surface area contributed by atoms with Crippen molar-refractivity contribution in [3.63, 3.8) is 0 Å². The van der Waals surface area contributed by atoms with Crippen LogP contribution in [0.4, 0.5) is 37.7 Å². The van der Waals surface area contributed by atoms with E-state index in [0.717, 1.165) is 23.1 Å². The molecule has 7 nitrogen and oxygen atoms in total. The highest BCUT2D eigenvalue weighted by atomic mass is 35.5. The molecule has 1 saturated carbocycles. The van der Waals surface area contributed by atoms with Gasteiger partial charge in [-0.2, -0.15) is 0 Å². The molecular formula is C33H19Cl3F6N2O5. The number of anilines is 2. The number of hydrogen-bond donors (Lipinski definition) is 1. The molecule has 49 heavy (non-hydrogen) atoms. The lowest BCUT2D eigenvalue weighted by molar-refractivity contribution is -0.125. The highest BCUT2D eigenvalue weighted by Crippen LogP contribution is 2.67. The number of allylic oxidation sites excluding steroid dienone is 2. The van der Waals surface area contributed by atoms with Gasteiger partial charge < -0.3 is 5.11 Å². The lowest BCUT2D eigenvalue weighted by Gasteiger charge is -2.50. The number of carbonyl (C=O) groups excluding carboxylic acids is 4. The Morgan fingerprint density at radius 2 is 1.45 bits per heavy atom. The summed E-state index contributed by atoms with van der Waals surface area (Å²) in [5, 5.41) is 11.1. The van der Waals surface area contributed by atoms with Gasteiger partial charge in [-0.25, -0.2) is 36.1 Å². The molecule has 0 spiro atoms. The molecule has 2 aliphatic heterocycles. The van der Waals surface area contributed by atoms with E-state index in [0.29, 0.717) is 5.56 Å². The number of rotatable bonds is 3. The number of aryl methyl sites for hydroxylation is 1. The Morgan fingerprint density at radius 1 is 0.816 bits per heavy atom. The summed E-state index contributed by atoms with van der Waals surface area (Å²) in [5.74, 6) is -25.1. The highest BCUT2D eigenvalue weighted by Gasteiger charge is 2.77. The van der Waals surface area contributed by atoms with Crippen LogP contribution in [0.15, 0.2) is 48.0 Å². The highest BCUT2D eigenvalue weighted by molar-refractivity contribution is 6.58. The Balaban J connectivity index is 1.44. The first-order valence-electron chi connectivity index (χ1n) is 14.6. The van der Waals surface area contributed by atoms with Gasteiger partial charge in [-0.1, -0.05) is 41.4 Å². The van der Waals surface area contributed by atoms with Gasteiger partial charge in [-0.3, -0.25) is 19.2 Å². The standard InChI is InChI=1S/C33H19Cl3F6N2O5/c1-11-5-6-12(9-17(11)34)43-28(46)14-8-7-13-16(19(14)29(43)47)10-32(35)30(48)44(26-24(41)22(39)21(38)23(40)25(26)42)31(49)33(32,36)20(13)15-3-2-4-18(37)27(15)45/h2-7,9,14,16,19-20,45H,8,10H2,1H3/t14-,16+,19-,20+,32+,33-/m0/s1. The largest absolute Gasteiger partial charge is 0.505 e. The number of imide groups is 2. The number of hydrogen-bond acceptors (Lipinski definition) is 5. The first kappa shape index (κ1) is 33.4. The Labute approximate surface area is 287 Å². The lowest BCUT2D eigenvalue weighted by Crippen LogP contribution is -2.60. The molecule has 6 atom stereocenters. The summed E-state index contributed by atoms with van der Waals surface area (Å²) in [7, 11) is 0. The van der Waals surface area contributed by atoms with Crippen molar-refractivity contribution in [2.45, 2.75) is 35.4 Å². The summed E-state index contributed by atoms with van der Waals surface area (Å²) in [6, 6.07) is 7.57. The topological polar surface area (TPSA) is 95.0 Å². The molecule has 2 heterocycles. The van der Waals surface area contributed by atoms with E-state index in [9.17, 15) is 41.8 Å². The maximum absolute atomic E-state index is 15.1. The van der Waals surface area contributed by atoms with Gasteiger partial charge in [0.15, 0.2) is 44.6 Å². The van der Waals surface area contributed by atoms with Crippen LogP contribution in [-0.2, 0) is 19.2 Å². The van der Waals surface area contributed by atoms with E-state index in [1.807, 2.05) is 0 Å². The van der Waals surface area contributed by atoms with E-state index in [1.165, 1.54) is 18.2 Å². The van der Waals surface area contributed by atoms with Gasteiger partial charge in [0.25, 0.3) is 11.8 Å². The van der Waals surface area contributed by atoms with Crippen molar-refractivity contribution in [2.75, 3.05) is 9.80 Å². The molecule has 7 rings (SSSR count). The number of fused-ring (bicyclic) bond motifs is 4. The first-order chi connectivity index (χ1) is 23.0. The third-order valence-electron chi connectivity index (χ3n) is 9.96. The van der Waals surface area contributed by atoms with Crippen molar-refractivity contribution >= 4 is 69.8 Å². The minimum absolute atomic E-state index is 0.0544. The summed E-state index contributed by atoms with van der Waals surface area (Å²) in [4.78, 5) is 51.1. The summed E-state index contributed by atoms with van der Waals surface area (Å²) in [6.45, 7) is 1.70. The Bertz CT molecular complexity index is 2090. The number of phenols is 1. The van der Waals surface area contributed by atoms with Crippen LogP contribution in [0.5, 0.6) is 5.75 Å². The molecule has 3 aromatic carbocycles. The fourth-order valence-corrected chi connectivity index (χ4v) is 8.75. The Kier molecular flexibility index (Phi) is 7.48. The predicted octanol–water partition coefficient (Wildman–Crippen LogP) is 6.96. The predicted molar refractivity (Wildman–Crippen MR) is 163 cm³/mol. The van der Waals surface area contributed by atoms with Gasteiger partial charge in [-0.05, 0) is 49.4 Å². The van der Waals surface area contributed by atoms with Crippen molar-refractivity contribution in [3.05, 3.63) is 99.1 Å². The number of amides is 4. The third-order valence-corrected chi connectivity index (χ3v) is 11.8. The van der Waals surface area contributed by atoms with E-state index < -0.39 is 115 Å². The molecule has 4 aliphatic rings. The lowest BCUT2D eigenvalue weighted by atomic mass is 9.56. The molecule has 0 aromatic heterocycles. The van der Waals surface area contributed by atoms with Crippen molar-refractivity contribution < 1.29 is 50.6 Å². The van der Waals surface area contributed by atoms with E-state index in [4.69, 9.17) is 34.8 Å². The van der Waals surface area contributed by atoms with Crippen molar-refractivity contribution in [2.24, 2.45) is 17.8 Å². The SMILES string of the molecule is Cc1ccc(N2C(=O)[C@H]3[C@H](CC=C4[C@H]3C[C@@]3(Cl)C(=O)N(c5c(F)c(F)c(F)c(F)c5F)C(=O)[C@@]3(Cl)[C@H]4c3cccc(F)c3O)C2=O)cc1Cl. The number of phenolic OH excluding ortho intramolecular Hbond substituents is 1. The van der Waals surface area contributed by atoms with Crippen LogP contribution >= 0.6 is 34.8 Å². The fraction of sp³-hybridized carbons (Fsp3) is 0.273. The van der Waals surface area contributed by atoms with Crippen LogP contribution in [0, 0.1) is 59.6 Å². The van der Waals surface area contributed by atoms with E-state index in [2.05, 4.69) is 0 Å². The maximum atomic E-state index is 15.1. The summed E-state index contributed by atoms with van der Waals surface area (Å²) < 4.78 is 87.8. The average Bonchev–Trinajstić information content (AvgIpc) is 3.40. The summed E-state index contributed by atoms with van der Waals surface area (Å²) in [6.07, 6.45) is 0.530. The Hall–Kier alpha value is -4.07. The number of benzene rings is 3. The average molecular weight is 744 g/mol. The minimum Gasteiger partial charge on any atom is -0.505 e.